The number of nitrogens with one attached hydrogen (secondary N) is 1. The predicted molar refractivity (Wildman–Crippen MR) is 122 cm³/mol. The molecule has 0 radical (unpaired) electrons. The molecule has 0 bridgehead atoms. The molecule has 1 amide bonds. The van der Waals surface area contributed by atoms with Crippen LogP contribution in [0.4, 0.5) is 21.5 Å². The summed E-state index contributed by atoms with van der Waals surface area (Å²) < 4.78 is 18.9. The summed E-state index contributed by atoms with van der Waals surface area (Å²) in [5, 5.41) is 3.37. The maximum Gasteiger partial charge on any atom is 0.258 e. The van der Waals surface area contributed by atoms with Crippen LogP contribution in [-0.2, 0) is 6.54 Å². The molecular formula is C26H20FN3O2. The van der Waals surface area contributed by atoms with E-state index in [0.29, 0.717) is 23.6 Å². The van der Waals surface area contributed by atoms with Gasteiger partial charge in [0.25, 0.3) is 5.91 Å². The Morgan fingerprint density at radius 3 is 2.56 bits per heavy atom. The molecule has 0 aliphatic carbocycles. The molecule has 2 heterocycles. The number of hydrogen-bond donors (Lipinski definition) is 1. The lowest BCUT2D eigenvalue weighted by atomic mass is 10.1. The molecule has 32 heavy (non-hydrogen) atoms. The first-order chi connectivity index (χ1) is 15.5. The first kappa shape index (κ1) is 19.8. The summed E-state index contributed by atoms with van der Waals surface area (Å²) in [6, 6.07) is 22.8. The van der Waals surface area contributed by atoms with Crippen LogP contribution in [-0.4, -0.2) is 10.9 Å². The fourth-order valence-electron chi connectivity index (χ4n) is 3.75. The summed E-state index contributed by atoms with van der Waals surface area (Å²) in [5.41, 5.74) is 5.17. The molecule has 5 nitrogen and oxygen atoms in total. The van der Waals surface area contributed by atoms with Crippen molar-refractivity contribution in [2.45, 2.75) is 13.5 Å². The Balaban J connectivity index is 1.35. The van der Waals surface area contributed by atoms with Crippen molar-refractivity contribution in [3.05, 3.63) is 108 Å². The van der Waals surface area contributed by atoms with Gasteiger partial charge in [0.1, 0.15) is 17.3 Å². The Bertz CT molecular complexity index is 1300. The number of aromatic nitrogens is 1. The number of amides is 1. The zero-order valence-electron chi connectivity index (χ0n) is 17.4. The van der Waals surface area contributed by atoms with Crippen molar-refractivity contribution in [2.24, 2.45) is 0 Å². The molecule has 0 saturated carbocycles. The monoisotopic (exact) mass is 425 g/mol. The summed E-state index contributed by atoms with van der Waals surface area (Å²) in [5.74, 6) is 0.736. The van der Waals surface area contributed by atoms with Crippen LogP contribution in [0, 0.1) is 12.7 Å². The zero-order valence-corrected chi connectivity index (χ0v) is 17.4. The van der Waals surface area contributed by atoms with Crippen molar-refractivity contribution in [1.29, 1.82) is 0 Å². The lowest BCUT2D eigenvalue weighted by Gasteiger charge is -2.17. The Morgan fingerprint density at radius 1 is 0.938 bits per heavy atom. The average Bonchev–Trinajstić information content (AvgIpc) is 3.11. The van der Waals surface area contributed by atoms with Crippen LogP contribution < -0.4 is 15.0 Å². The van der Waals surface area contributed by atoms with E-state index in [9.17, 15) is 9.18 Å². The quantitative estimate of drug-likeness (QED) is 0.412. The van der Waals surface area contributed by atoms with Gasteiger partial charge in [0, 0.05) is 40.6 Å². The Kier molecular flexibility index (Phi) is 5.03. The molecule has 0 fully saturated rings. The normalized spacial score (nSPS) is 12.6. The van der Waals surface area contributed by atoms with Crippen molar-refractivity contribution in [3.8, 4) is 11.5 Å². The Morgan fingerprint density at radius 2 is 1.75 bits per heavy atom. The molecule has 6 heteroatoms. The molecule has 1 aliphatic heterocycles. The summed E-state index contributed by atoms with van der Waals surface area (Å²) in [4.78, 5) is 19.0. The second kappa shape index (κ2) is 8.15. The molecule has 1 aromatic heterocycles. The van der Waals surface area contributed by atoms with E-state index in [1.54, 1.807) is 29.3 Å². The van der Waals surface area contributed by atoms with Gasteiger partial charge in [-0.05, 0) is 79.2 Å². The van der Waals surface area contributed by atoms with E-state index < -0.39 is 0 Å². The number of aryl methyl sites for hydroxylation is 1. The minimum atomic E-state index is -0.320. The van der Waals surface area contributed by atoms with E-state index in [4.69, 9.17) is 4.74 Å². The van der Waals surface area contributed by atoms with E-state index in [1.807, 2.05) is 55.5 Å². The molecule has 0 atom stereocenters. The first-order valence-electron chi connectivity index (χ1n) is 10.2. The van der Waals surface area contributed by atoms with Crippen LogP contribution in [0.15, 0.2) is 85.1 Å². The van der Waals surface area contributed by atoms with Gasteiger partial charge in [0.05, 0.1) is 6.54 Å². The third-order valence-corrected chi connectivity index (χ3v) is 5.27. The number of carbonyl (C=O) groups excluding carboxylic acids is 1. The van der Waals surface area contributed by atoms with E-state index in [1.165, 1.54) is 12.1 Å². The molecule has 158 valence electrons. The lowest BCUT2D eigenvalue weighted by Crippen LogP contribution is -2.22. The van der Waals surface area contributed by atoms with Crippen LogP contribution >= 0.6 is 0 Å². The standard InChI is InChI=1S/C26H20FN3O2/c1-17-13-21(11-12-28-17)29-20-7-10-25-18(14-20)16-30(26(25)31)22-3-2-4-24(15-22)32-23-8-5-19(27)6-9-23/h2-15H,16H2,1H3,(H,28,29). The van der Waals surface area contributed by atoms with Gasteiger partial charge in [0.2, 0.25) is 0 Å². The molecule has 0 saturated heterocycles. The highest BCUT2D eigenvalue weighted by Gasteiger charge is 2.29. The number of nitrogens with zero attached hydrogens (tertiary/aromatic N) is 2. The number of benzene rings is 3. The summed E-state index contributed by atoms with van der Waals surface area (Å²) in [7, 11) is 0. The maximum absolute atomic E-state index is 13.1. The van der Waals surface area contributed by atoms with Crippen LogP contribution in [0.3, 0.4) is 0 Å². The van der Waals surface area contributed by atoms with Gasteiger partial charge in [-0.1, -0.05) is 6.07 Å². The van der Waals surface area contributed by atoms with E-state index in [0.717, 1.165) is 28.3 Å². The van der Waals surface area contributed by atoms with Crippen LogP contribution in [0.5, 0.6) is 11.5 Å². The molecule has 3 aromatic carbocycles. The highest BCUT2D eigenvalue weighted by Crippen LogP contribution is 2.33. The SMILES string of the molecule is Cc1cc(Nc2ccc3c(c2)CN(c2cccc(Oc4ccc(F)cc4)c2)C3=O)ccn1. The number of ether oxygens (including phenoxy) is 1. The van der Waals surface area contributed by atoms with Crippen molar-refractivity contribution in [3.63, 3.8) is 0 Å². The maximum atomic E-state index is 13.1. The summed E-state index contributed by atoms with van der Waals surface area (Å²) in [6.45, 7) is 2.41. The lowest BCUT2D eigenvalue weighted by molar-refractivity contribution is 0.0996. The highest BCUT2D eigenvalue weighted by molar-refractivity contribution is 6.10. The third kappa shape index (κ3) is 4.03. The number of halogens is 1. The van der Waals surface area contributed by atoms with Crippen molar-refractivity contribution in [1.82, 2.24) is 4.98 Å². The number of anilines is 3. The van der Waals surface area contributed by atoms with Gasteiger partial charge in [-0.3, -0.25) is 9.78 Å². The van der Waals surface area contributed by atoms with E-state index >= 15 is 0 Å². The van der Waals surface area contributed by atoms with Crippen LogP contribution in [0.25, 0.3) is 0 Å². The van der Waals surface area contributed by atoms with E-state index in [2.05, 4.69) is 10.3 Å². The molecule has 1 aliphatic rings. The molecule has 0 spiro atoms. The highest BCUT2D eigenvalue weighted by atomic mass is 19.1. The summed E-state index contributed by atoms with van der Waals surface area (Å²) in [6.07, 6.45) is 1.76. The fraction of sp³-hybridized carbons (Fsp3) is 0.0769. The fourth-order valence-corrected chi connectivity index (χ4v) is 3.75. The van der Waals surface area contributed by atoms with E-state index in [-0.39, 0.29) is 11.7 Å². The van der Waals surface area contributed by atoms with Gasteiger partial charge in [-0.2, -0.15) is 0 Å². The second-order valence-electron chi connectivity index (χ2n) is 7.63. The zero-order chi connectivity index (χ0) is 22.1. The predicted octanol–water partition coefficient (Wildman–Crippen LogP) is 6.23. The van der Waals surface area contributed by atoms with Crippen molar-refractivity contribution in [2.75, 3.05) is 10.2 Å². The van der Waals surface area contributed by atoms with Gasteiger partial charge in [-0.25, -0.2) is 4.39 Å². The van der Waals surface area contributed by atoms with Crippen LogP contribution in [0.1, 0.15) is 21.6 Å². The molecule has 5 rings (SSSR count). The Labute approximate surface area is 185 Å². The molecular weight excluding hydrogens is 405 g/mol. The summed E-state index contributed by atoms with van der Waals surface area (Å²) >= 11 is 0. The Hall–Kier alpha value is -4.19. The van der Waals surface area contributed by atoms with Crippen LogP contribution in [0.2, 0.25) is 0 Å². The minimum absolute atomic E-state index is 0.0507. The first-order valence-corrected chi connectivity index (χ1v) is 10.2. The molecule has 1 N–H and O–H groups in total. The largest absolute Gasteiger partial charge is 0.457 e. The smallest absolute Gasteiger partial charge is 0.258 e. The third-order valence-electron chi connectivity index (χ3n) is 5.27. The average molecular weight is 425 g/mol. The second-order valence-corrected chi connectivity index (χ2v) is 7.63. The van der Waals surface area contributed by atoms with Crippen molar-refractivity contribution < 1.29 is 13.9 Å². The van der Waals surface area contributed by atoms with Gasteiger partial charge in [0.15, 0.2) is 0 Å². The minimum Gasteiger partial charge on any atom is -0.457 e. The number of hydrogen-bond acceptors (Lipinski definition) is 4. The number of pyridine rings is 1. The number of carbonyl (C=O) groups is 1. The number of rotatable bonds is 5. The molecule has 0 unspecified atom stereocenters. The topological polar surface area (TPSA) is 54.5 Å². The van der Waals surface area contributed by atoms with Gasteiger partial charge < -0.3 is 15.0 Å². The molecule has 4 aromatic rings. The van der Waals surface area contributed by atoms with Gasteiger partial charge >= 0.3 is 0 Å². The number of fused-ring (bicyclic) bond motifs is 1. The van der Waals surface area contributed by atoms with Gasteiger partial charge in [-0.15, -0.1) is 0 Å². The van der Waals surface area contributed by atoms with Crippen molar-refractivity contribution >= 4 is 23.0 Å².